The number of nitrogens with zero attached hydrogens (tertiary/aromatic N) is 1. The van der Waals surface area contributed by atoms with Gasteiger partial charge in [0.15, 0.2) is 5.17 Å². The molecule has 3 rings (SSSR count). The standard InChI is InChI=1S/C13H17F3N2OS/c1-12(6-13(14,15)16)10(19)18-11(20-12)17-9-5-7-2-3-8(9)4-7/h7-9H,2-6H2,1H3,(H,17,18,19)/t7-,8-,9-,12-/m0/s1. The summed E-state index contributed by atoms with van der Waals surface area (Å²) in [7, 11) is 0. The van der Waals surface area contributed by atoms with Crippen molar-refractivity contribution in [2.75, 3.05) is 0 Å². The van der Waals surface area contributed by atoms with Crippen LogP contribution in [0, 0.1) is 11.8 Å². The van der Waals surface area contributed by atoms with Gasteiger partial charge in [-0.25, -0.2) is 0 Å². The normalized spacial score (nSPS) is 40.3. The second-order valence-electron chi connectivity index (χ2n) is 6.27. The van der Waals surface area contributed by atoms with Gasteiger partial charge in [0.05, 0.1) is 6.42 Å². The van der Waals surface area contributed by atoms with Gasteiger partial charge in [-0.2, -0.15) is 18.2 Å². The number of nitrogens with one attached hydrogen (secondary N) is 1. The molecule has 7 heteroatoms. The Hall–Kier alpha value is -0.720. The zero-order valence-electron chi connectivity index (χ0n) is 11.2. The fraction of sp³-hybridized carbons (Fsp3) is 0.846. The summed E-state index contributed by atoms with van der Waals surface area (Å²) in [5.74, 6) is 0.653. The fourth-order valence-electron chi connectivity index (χ4n) is 3.63. The number of carbonyl (C=O) groups excluding carboxylic acids is 1. The van der Waals surface area contributed by atoms with E-state index in [9.17, 15) is 18.0 Å². The molecule has 0 unspecified atom stereocenters. The molecule has 3 aliphatic rings. The molecule has 0 aromatic rings. The number of carbonyl (C=O) groups is 1. The summed E-state index contributed by atoms with van der Waals surface area (Å²) < 4.78 is 36.1. The number of hydrogen-bond acceptors (Lipinski definition) is 3. The zero-order valence-corrected chi connectivity index (χ0v) is 12.0. The smallest absolute Gasteiger partial charge is 0.361 e. The van der Waals surface area contributed by atoms with Gasteiger partial charge in [-0.1, -0.05) is 18.2 Å². The van der Waals surface area contributed by atoms with Crippen molar-refractivity contribution in [3.05, 3.63) is 0 Å². The summed E-state index contributed by atoms with van der Waals surface area (Å²) in [4.78, 5) is 15.6. The maximum atomic E-state index is 12.5. The molecule has 0 spiro atoms. The fourth-order valence-corrected chi connectivity index (χ4v) is 4.76. The van der Waals surface area contributed by atoms with Crippen molar-refractivity contribution >= 4 is 22.8 Å². The van der Waals surface area contributed by atoms with Gasteiger partial charge < -0.3 is 5.32 Å². The van der Waals surface area contributed by atoms with Gasteiger partial charge in [0.2, 0.25) is 0 Å². The molecule has 1 aliphatic heterocycles. The minimum absolute atomic E-state index is 0.279. The van der Waals surface area contributed by atoms with Gasteiger partial charge in [-0.15, -0.1) is 0 Å². The molecule has 20 heavy (non-hydrogen) atoms. The summed E-state index contributed by atoms with van der Waals surface area (Å²) in [5, 5.41) is 3.58. The van der Waals surface area contributed by atoms with E-state index < -0.39 is 23.3 Å². The molecule has 0 aromatic carbocycles. The lowest BCUT2D eigenvalue weighted by molar-refractivity contribution is -0.147. The monoisotopic (exact) mass is 306 g/mol. The average molecular weight is 306 g/mol. The zero-order chi connectivity index (χ0) is 14.5. The summed E-state index contributed by atoms with van der Waals surface area (Å²) in [5.41, 5.74) is 0. The van der Waals surface area contributed by atoms with Crippen molar-refractivity contribution < 1.29 is 18.0 Å². The minimum Gasteiger partial charge on any atom is -0.361 e. The molecule has 1 amide bonds. The quantitative estimate of drug-likeness (QED) is 0.852. The maximum absolute atomic E-state index is 12.5. The van der Waals surface area contributed by atoms with Gasteiger partial charge in [0.1, 0.15) is 4.75 Å². The minimum atomic E-state index is -4.35. The van der Waals surface area contributed by atoms with E-state index in [0.29, 0.717) is 11.1 Å². The molecule has 1 N–H and O–H groups in total. The van der Waals surface area contributed by atoms with Crippen LogP contribution < -0.4 is 5.32 Å². The first-order valence-electron chi connectivity index (χ1n) is 6.91. The molecule has 0 saturated heterocycles. The van der Waals surface area contributed by atoms with Crippen molar-refractivity contribution in [2.45, 2.75) is 56.0 Å². The van der Waals surface area contributed by atoms with Crippen molar-refractivity contribution in [3.63, 3.8) is 0 Å². The molecular weight excluding hydrogens is 289 g/mol. The first-order chi connectivity index (χ1) is 9.25. The Morgan fingerprint density at radius 1 is 1.40 bits per heavy atom. The average Bonchev–Trinajstić information content (AvgIpc) is 2.92. The number of amides is 1. The van der Waals surface area contributed by atoms with Crippen LogP contribution in [-0.2, 0) is 4.79 Å². The number of aliphatic imine (C=N–C) groups is 1. The largest absolute Gasteiger partial charge is 0.390 e. The predicted octanol–water partition coefficient (Wildman–Crippen LogP) is 3.11. The number of halogens is 3. The van der Waals surface area contributed by atoms with Gasteiger partial charge in [-0.3, -0.25) is 4.79 Å². The third-order valence-electron chi connectivity index (χ3n) is 4.56. The van der Waals surface area contributed by atoms with Crippen LogP contribution in [0.1, 0.15) is 39.0 Å². The summed E-state index contributed by atoms with van der Waals surface area (Å²) in [6.07, 6.45) is -0.803. The SMILES string of the molecule is C[C@@]1(CC(F)(F)F)SC(N[C@H]2C[C@H]3CC[C@H]2C3)=NC1=O. The third kappa shape index (κ3) is 2.69. The van der Waals surface area contributed by atoms with E-state index in [4.69, 9.17) is 0 Å². The summed E-state index contributed by atoms with van der Waals surface area (Å²) >= 11 is 0.932. The van der Waals surface area contributed by atoms with E-state index in [1.165, 1.54) is 26.2 Å². The van der Waals surface area contributed by atoms with Crippen LogP contribution in [0.25, 0.3) is 0 Å². The summed E-state index contributed by atoms with van der Waals surface area (Å²) in [6.45, 7) is 1.33. The van der Waals surface area contributed by atoms with Crippen molar-refractivity contribution in [1.82, 2.24) is 5.32 Å². The molecule has 0 aromatic heterocycles. The highest BCUT2D eigenvalue weighted by Gasteiger charge is 2.50. The molecular formula is C13H17F3N2OS. The number of rotatable bonds is 2. The highest BCUT2D eigenvalue weighted by molar-refractivity contribution is 8.16. The van der Waals surface area contributed by atoms with Crippen LogP contribution in [0.2, 0.25) is 0 Å². The lowest BCUT2D eigenvalue weighted by Gasteiger charge is -2.25. The van der Waals surface area contributed by atoms with Crippen LogP contribution in [-0.4, -0.2) is 28.0 Å². The van der Waals surface area contributed by atoms with Crippen molar-refractivity contribution in [2.24, 2.45) is 16.8 Å². The first kappa shape index (κ1) is 14.2. The molecule has 2 fully saturated rings. The predicted molar refractivity (Wildman–Crippen MR) is 71.5 cm³/mol. The van der Waals surface area contributed by atoms with Crippen molar-refractivity contribution in [3.8, 4) is 0 Å². The highest BCUT2D eigenvalue weighted by atomic mass is 32.2. The second kappa shape index (κ2) is 4.64. The van der Waals surface area contributed by atoms with E-state index in [-0.39, 0.29) is 6.04 Å². The number of alkyl halides is 3. The molecule has 3 nitrogen and oxygen atoms in total. The van der Waals surface area contributed by atoms with E-state index in [0.717, 1.165) is 24.1 Å². The Morgan fingerprint density at radius 3 is 2.70 bits per heavy atom. The van der Waals surface area contributed by atoms with E-state index >= 15 is 0 Å². The molecule has 2 saturated carbocycles. The Kier molecular flexibility index (Phi) is 3.30. The van der Waals surface area contributed by atoms with Crippen LogP contribution in [0.3, 0.4) is 0 Å². The molecule has 0 radical (unpaired) electrons. The van der Waals surface area contributed by atoms with E-state index in [2.05, 4.69) is 10.3 Å². The third-order valence-corrected chi connectivity index (χ3v) is 5.73. The van der Waals surface area contributed by atoms with E-state index in [1.807, 2.05) is 0 Å². The molecule has 2 bridgehead atoms. The number of amidine groups is 1. The van der Waals surface area contributed by atoms with Crippen molar-refractivity contribution in [1.29, 1.82) is 0 Å². The Labute approximate surface area is 119 Å². The van der Waals surface area contributed by atoms with Gasteiger partial charge in [0, 0.05) is 6.04 Å². The summed E-state index contributed by atoms with van der Waals surface area (Å²) in [6, 6.07) is 0.279. The van der Waals surface area contributed by atoms with Crippen LogP contribution in [0.4, 0.5) is 13.2 Å². The molecule has 112 valence electrons. The lowest BCUT2D eigenvalue weighted by atomic mass is 9.96. The number of hydrogen-bond donors (Lipinski definition) is 1. The Morgan fingerprint density at radius 2 is 2.15 bits per heavy atom. The molecule has 4 atom stereocenters. The van der Waals surface area contributed by atoms with Crippen LogP contribution in [0.15, 0.2) is 4.99 Å². The second-order valence-corrected chi connectivity index (χ2v) is 7.76. The molecule has 2 aliphatic carbocycles. The highest BCUT2D eigenvalue weighted by Crippen LogP contribution is 2.46. The van der Waals surface area contributed by atoms with Gasteiger partial charge in [0.25, 0.3) is 5.91 Å². The van der Waals surface area contributed by atoms with Crippen LogP contribution >= 0.6 is 11.8 Å². The van der Waals surface area contributed by atoms with Gasteiger partial charge >= 0.3 is 6.18 Å². The Bertz CT molecular complexity index is 465. The number of thioether (sulfide) groups is 1. The Balaban J connectivity index is 1.63. The van der Waals surface area contributed by atoms with Crippen LogP contribution in [0.5, 0.6) is 0 Å². The topological polar surface area (TPSA) is 41.5 Å². The molecule has 1 heterocycles. The maximum Gasteiger partial charge on any atom is 0.390 e. The number of fused-ring (bicyclic) bond motifs is 2. The van der Waals surface area contributed by atoms with Gasteiger partial charge in [-0.05, 0) is 38.0 Å². The lowest BCUT2D eigenvalue weighted by Crippen LogP contribution is -2.38. The first-order valence-corrected chi connectivity index (χ1v) is 7.72. The van der Waals surface area contributed by atoms with E-state index in [1.54, 1.807) is 0 Å².